The molecule has 2 heterocycles. The molecule has 0 atom stereocenters. The molecular formula is C33H27F2N5O2. The number of benzene rings is 3. The van der Waals surface area contributed by atoms with Crippen molar-refractivity contribution in [1.82, 2.24) is 14.8 Å². The van der Waals surface area contributed by atoms with Crippen LogP contribution in [-0.4, -0.2) is 46.7 Å². The molecule has 7 nitrogen and oxygen atoms in total. The van der Waals surface area contributed by atoms with Crippen LogP contribution < -0.4 is 4.74 Å². The number of fused-ring (bicyclic) bond motifs is 2. The molecule has 0 radical (unpaired) electrons. The Balaban J connectivity index is 1.58. The lowest BCUT2D eigenvalue weighted by Crippen LogP contribution is -2.36. The lowest BCUT2D eigenvalue weighted by Gasteiger charge is -2.28. The molecule has 0 aliphatic carbocycles. The van der Waals surface area contributed by atoms with Gasteiger partial charge in [-0.3, -0.25) is 9.79 Å². The number of aromatic nitrogens is 1. The number of aliphatic imine (C=N–C) groups is 1. The number of halogens is 2. The number of hydrogen-bond donors (Lipinski definition) is 0. The molecule has 0 saturated carbocycles. The van der Waals surface area contributed by atoms with Gasteiger partial charge in [0, 0.05) is 36.3 Å². The number of para-hydroxylation sites is 1. The van der Waals surface area contributed by atoms with Gasteiger partial charge in [0.15, 0.2) is 0 Å². The summed E-state index contributed by atoms with van der Waals surface area (Å²) < 4.78 is 33.6. The molecule has 4 aromatic rings. The van der Waals surface area contributed by atoms with Gasteiger partial charge in [0.2, 0.25) is 0 Å². The van der Waals surface area contributed by atoms with E-state index in [0.717, 1.165) is 10.9 Å². The Hall–Kier alpha value is -5.36. The van der Waals surface area contributed by atoms with Gasteiger partial charge >= 0.3 is 6.11 Å². The van der Waals surface area contributed by atoms with E-state index in [1.165, 1.54) is 6.07 Å². The number of carbonyl (C=O) groups is 1. The highest BCUT2D eigenvalue weighted by Gasteiger charge is 2.31. The molecule has 0 N–H and O–H groups in total. The van der Waals surface area contributed by atoms with Crippen molar-refractivity contribution < 1.29 is 18.3 Å². The first kappa shape index (κ1) is 28.2. The van der Waals surface area contributed by atoms with E-state index in [1.807, 2.05) is 53.4 Å². The maximum Gasteiger partial charge on any atom is 0.419 e. The highest BCUT2D eigenvalue weighted by Crippen LogP contribution is 2.34. The van der Waals surface area contributed by atoms with Gasteiger partial charge in [-0.25, -0.2) is 4.98 Å². The lowest BCUT2D eigenvalue weighted by molar-refractivity contribution is -0.131. The number of rotatable bonds is 8. The smallest absolute Gasteiger partial charge is 0.419 e. The van der Waals surface area contributed by atoms with E-state index < -0.39 is 6.11 Å². The van der Waals surface area contributed by atoms with Gasteiger partial charge in [0.05, 0.1) is 36.6 Å². The average Bonchev–Trinajstić information content (AvgIpc) is 3.21. The van der Waals surface area contributed by atoms with Crippen LogP contribution in [0.1, 0.15) is 32.7 Å². The Labute approximate surface area is 242 Å². The Bertz CT molecular complexity index is 1740. The molecule has 1 aliphatic heterocycles. The molecular weight excluding hydrogens is 536 g/mol. The second-order valence-corrected chi connectivity index (χ2v) is 9.69. The standard InChI is InChI=1S/C33H27F2N5O2/c1-3-33(34,35)42-31-10-6-8-26-17-27(40(22-37-2)19-24-13-11-23(18-36)12-14-24)20-39(21-28(26)31)32(41)30-16-15-25-7-4-5-9-29(25)38-30/h3-17,22H,1,19-21H2,2H3. The van der Waals surface area contributed by atoms with Crippen molar-refractivity contribution in [2.45, 2.75) is 19.2 Å². The predicted molar refractivity (Wildman–Crippen MR) is 158 cm³/mol. The number of pyridine rings is 1. The van der Waals surface area contributed by atoms with E-state index in [-0.39, 0.29) is 30.4 Å². The van der Waals surface area contributed by atoms with Crippen LogP contribution in [0, 0.1) is 11.3 Å². The Morgan fingerprint density at radius 1 is 1.12 bits per heavy atom. The highest BCUT2D eigenvalue weighted by atomic mass is 19.3. The van der Waals surface area contributed by atoms with Crippen molar-refractivity contribution >= 4 is 29.2 Å². The van der Waals surface area contributed by atoms with Gasteiger partial charge in [-0.1, -0.05) is 55.1 Å². The third-order valence-corrected chi connectivity index (χ3v) is 6.84. The molecule has 1 aliphatic rings. The average molecular weight is 564 g/mol. The van der Waals surface area contributed by atoms with Gasteiger partial charge < -0.3 is 14.5 Å². The molecule has 0 unspecified atom stereocenters. The van der Waals surface area contributed by atoms with E-state index in [0.29, 0.717) is 40.5 Å². The van der Waals surface area contributed by atoms with Crippen LogP contribution in [-0.2, 0) is 13.1 Å². The number of carbonyl (C=O) groups excluding carboxylic acids is 1. The Kier molecular flexibility index (Phi) is 8.07. The third-order valence-electron chi connectivity index (χ3n) is 6.84. The summed E-state index contributed by atoms with van der Waals surface area (Å²) in [5.74, 6) is -0.418. The zero-order valence-corrected chi connectivity index (χ0v) is 22.9. The number of amides is 1. The molecule has 3 aromatic carbocycles. The number of alkyl halides is 2. The maximum atomic E-state index is 14.3. The molecule has 0 bridgehead atoms. The predicted octanol–water partition coefficient (Wildman–Crippen LogP) is 6.42. The van der Waals surface area contributed by atoms with Crippen molar-refractivity contribution in [3.05, 3.63) is 125 Å². The summed E-state index contributed by atoms with van der Waals surface area (Å²) in [4.78, 5) is 26.2. The van der Waals surface area contributed by atoms with Crippen LogP contribution in [0.2, 0.25) is 0 Å². The van der Waals surface area contributed by atoms with E-state index in [2.05, 4.69) is 22.6 Å². The SMILES string of the molecule is C=CC(F)(F)Oc1cccc2c1CN(C(=O)c1ccc3ccccc3n1)CC(N(C=NC)Cc1ccc(C#N)cc1)=C2. The van der Waals surface area contributed by atoms with E-state index in [4.69, 9.17) is 10.00 Å². The number of nitriles is 1. The summed E-state index contributed by atoms with van der Waals surface area (Å²) in [5.41, 5.74) is 4.11. The first-order valence-electron chi connectivity index (χ1n) is 13.2. The minimum Gasteiger partial charge on any atom is -0.429 e. The molecule has 0 spiro atoms. The van der Waals surface area contributed by atoms with Crippen molar-refractivity contribution in [1.29, 1.82) is 5.26 Å². The molecule has 0 saturated heterocycles. The zero-order chi connectivity index (χ0) is 29.7. The molecule has 0 fully saturated rings. The fourth-order valence-corrected chi connectivity index (χ4v) is 4.74. The van der Waals surface area contributed by atoms with Crippen molar-refractivity contribution in [2.24, 2.45) is 4.99 Å². The second-order valence-electron chi connectivity index (χ2n) is 9.69. The van der Waals surface area contributed by atoms with Crippen molar-refractivity contribution in [3.8, 4) is 11.8 Å². The summed E-state index contributed by atoms with van der Waals surface area (Å²) in [6.07, 6.45) is 0.335. The topological polar surface area (TPSA) is 81.8 Å². The molecule has 42 heavy (non-hydrogen) atoms. The highest BCUT2D eigenvalue weighted by molar-refractivity contribution is 5.95. The maximum absolute atomic E-state index is 14.3. The van der Waals surface area contributed by atoms with Gasteiger partial charge in [-0.2, -0.15) is 14.0 Å². The van der Waals surface area contributed by atoms with E-state index in [1.54, 1.807) is 48.6 Å². The van der Waals surface area contributed by atoms with E-state index >= 15 is 0 Å². The molecule has 1 aromatic heterocycles. The summed E-state index contributed by atoms with van der Waals surface area (Å²) in [6, 6.07) is 25.1. The van der Waals surface area contributed by atoms with Crippen LogP contribution >= 0.6 is 0 Å². The van der Waals surface area contributed by atoms with Crippen LogP contribution in [0.4, 0.5) is 8.78 Å². The Morgan fingerprint density at radius 3 is 2.64 bits per heavy atom. The Morgan fingerprint density at radius 2 is 1.90 bits per heavy atom. The van der Waals surface area contributed by atoms with Crippen molar-refractivity contribution in [2.75, 3.05) is 13.6 Å². The monoisotopic (exact) mass is 563 g/mol. The van der Waals surface area contributed by atoms with Crippen LogP contribution in [0.15, 0.2) is 102 Å². The summed E-state index contributed by atoms with van der Waals surface area (Å²) >= 11 is 0. The molecule has 1 amide bonds. The number of hydrogen-bond acceptors (Lipinski definition) is 5. The van der Waals surface area contributed by atoms with E-state index in [9.17, 15) is 13.6 Å². The quantitative estimate of drug-likeness (QED) is 0.140. The fourth-order valence-electron chi connectivity index (χ4n) is 4.74. The zero-order valence-electron chi connectivity index (χ0n) is 22.9. The van der Waals surface area contributed by atoms with Crippen LogP contribution in [0.3, 0.4) is 0 Å². The van der Waals surface area contributed by atoms with Crippen molar-refractivity contribution in [3.63, 3.8) is 0 Å². The summed E-state index contributed by atoms with van der Waals surface area (Å²) in [7, 11) is 1.64. The fraction of sp³-hybridized carbons (Fsp3) is 0.152. The van der Waals surface area contributed by atoms with Crippen LogP contribution in [0.25, 0.3) is 17.0 Å². The first-order chi connectivity index (χ1) is 20.3. The van der Waals surface area contributed by atoms with Gasteiger partial charge in [0.1, 0.15) is 11.4 Å². The second kappa shape index (κ2) is 12.0. The summed E-state index contributed by atoms with van der Waals surface area (Å²) in [5, 5.41) is 10.1. The molecule has 9 heteroatoms. The van der Waals surface area contributed by atoms with Crippen LogP contribution in [0.5, 0.6) is 5.75 Å². The largest absolute Gasteiger partial charge is 0.429 e. The normalized spacial score (nSPS) is 13.2. The number of ether oxygens (including phenoxy) is 1. The van der Waals surface area contributed by atoms with Gasteiger partial charge in [-0.15, -0.1) is 0 Å². The third kappa shape index (κ3) is 6.18. The molecule has 5 rings (SSSR count). The minimum absolute atomic E-state index is 0.0000436. The summed E-state index contributed by atoms with van der Waals surface area (Å²) in [6.45, 7) is 3.71. The number of nitrogens with zero attached hydrogens (tertiary/aromatic N) is 5. The first-order valence-corrected chi connectivity index (χ1v) is 13.2. The van der Waals surface area contributed by atoms with Gasteiger partial charge in [0.25, 0.3) is 5.91 Å². The minimum atomic E-state index is -3.60. The molecule has 210 valence electrons. The van der Waals surface area contributed by atoms with Gasteiger partial charge in [-0.05, 0) is 47.5 Å². The lowest BCUT2D eigenvalue weighted by atomic mass is 10.1.